The molecule has 0 spiro atoms. The van der Waals surface area contributed by atoms with E-state index >= 15 is 4.79 Å². The smallest absolute Gasteiger partial charge is 0.218 e. The Labute approximate surface area is 382 Å². The summed E-state index contributed by atoms with van der Waals surface area (Å²) in [6, 6.07) is 32.6. The lowest BCUT2D eigenvalue weighted by Crippen LogP contribution is -2.35. The Balaban J connectivity index is 1.12. The normalized spacial score (nSPS) is 16.7. The van der Waals surface area contributed by atoms with Crippen molar-refractivity contribution in [2.24, 2.45) is 20.0 Å². The van der Waals surface area contributed by atoms with Crippen molar-refractivity contribution in [3.63, 3.8) is 0 Å². The van der Waals surface area contributed by atoms with Crippen LogP contribution in [0.4, 0.5) is 17.1 Å². The quantitative estimate of drug-likeness (QED) is 0.115. The van der Waals surface area contributed by atoms with Crippen molar-refractivity contribution in [3.8, 4) is 0 Å². The summed E-state index contributed by atoms with van der Waals surface area (Å²) in [6.07, 6.45) is 3.82. The highest BCUT2D eigenvalue weighted by molar-refractivity contribution is 6.59. The number of allylic oxidation sites excluding steroid dienone is 2. The predicted molar refractivity (Wildman–Crippen MR) is 254 cm³/mol. The van der Waals surface area contributed by atoms with E-state index in [1.807, 2.05) is 18.2 Å². The van der Waals surface area contributed by atoms with Crippen molar-refractivity contribution in [1.29, 1.82) is 0 Å². The average molecular weight is 885 g/mol. The maximum Gasteiger partial charge on any atom is 0.218 e. The number of benzene rings is 7. The minimum Gasteiger partial charge on any atom is -0.493 e. The number of rotatable bonds is 4. The van der Waals surface area contributed by atoms with Crippen LogP contribution in [0.15, 0.2) is 152 Å². The fourth-order valence-electron chi connectivity index (χ4n) is 10.3. The van der Waals surface area contributed by atoms with E-state index < -0.39 is 23.1 Å². The lowest BCUT2D eigenvalue weighted by atomic mass is 9.74. The fourth-order valence-corrected chi connectivity index (χ4v) is 10.3. The van der Waals surface area contributed by atoms with Gasteiger partial charge in [0, 0.05) is 71.3 Å². The van der Waals surface area contributed by atoms with Crippen molar-refractivity contribution >= 4 is 114 Å². The molecule has 12 heteroatoms. The Morgan fingerprint density at radius 2 is 1.32 bits per heavy atom. The summed E-state index contributed by atoms with van der Waals surface area (Å²) in [6.45, 7) is 0. The van der Waals surface area contributed by atoms with E-state index in [4.69, 9.17) is 9.98 Å². The van der Waals surface area contributed by atoms with Crippen LogP contribution in [0.5, 0.6) is 0 Å². The van der Waals surface area contributed by atoms with Crippen LogP contribution in [-0.2, 0) is 14.4 Å². The standard InChI is InChI=1S/C56H28N4O8/c61-30-19-29-18-27-14-16-31-44-47-46-42(64)24-38-45(54(66)43-32(53(38)65)12-7-13-39(43)57-55(67)25-8-3-1-4-9-25)52(46)59-51(47)36-20-28-15-17-40(62)49(60-56(68)26-10-5-2-6-11-26)35(28)23-37(36)50(44)58-48(31)34(27)22-33(29)41(63)21-30/h1-20,22-23H,21,24H2,(H,57,67)(H,60,68). The van der Waals surface area contributed by atoms with Gasteiger partial charge < -0.3 is 10.2 Å². The predicted octanol–water partition coefficient (Wildman–Crippen LogP) is 6.41. The number of carbonyl (C=O) groups excluding carboxylic acids is 6. The third-order valence-electron chi connectivity index (χ3n) is 13.3. The average Bonchev–Trinajstić information content (AvgIpc) is 3.94. The first kappa shape index (κ1) is 39.0. The number of hydrogen-bond acceptors (Lipinski definition) is 10. The Morgan fingerprint density at radius 3 is 2.09 bits per heavy atom. The molecule has 68 heavy (non-hydrogen) atoms. The molecular weight excluding hydrogens is 857 g/mol. The number of aliphatic hydroxyl groups excluding tert-OH is 2. The highest BCUT2D eigenvalue weighted by Gasteiger charge is 2.44. The van der Waals surface area contributed by atoms with Gasteiger partial charge in [-0.15, -0.1) is 0 Å². The van der Waals surface area contributed by atoms with E-state index in [-0.39, 0.29) is 81.1 Å². The maximum atomic E-state index is 15.1. The first-order valence-corrected chi connectivity index (χ1v) is 21.6. The number of aliphatic imine (C=N–C) groups is 3. The van der Waals surface area contributed by atoms with Crippen molar-refractivity contribution in [2.75, 3.05) is 0 Å². The van der Waals surface area contributed by atoms with Crippen LogP contribution in [0.2, 0.25) is 0 Å². The van der Waals surface area contributed by atoms with Crippen LogP contribution in [0, 0.1) is 10.4 Å². The topological polar surface area (TPSA) is 192 Å². The molecule has 0 saturated carbocycles. The number of fused-ring (bicyclic) bond motifs is 14. The van der Waals surface area contributed by atoms with Crippen LogP contribution in [0.25, 0.3) is 45.0 Å². The summed E-state index contributed by atoms with van der Waals surface area (Å²) in [5.74, 6) is -3.29. The van der Waals surface area contributed by atoms with Crippen LogP contribution >= 0.6 is 0 Å². The number of ketones is 6. The first-order chi connectivity index (χ1) is 33.0. The van der Waals surface area contributed by atoms with Gasteiger partial charge in [-0.1, -0.05) is 66.7 Å². The van der Waals surface area contributed by atoms with Crippen LogP contribution in [-0.4, -0.2) is 62.4 Å². The number of carbonyl (C=O) groups is 6. The minimum absolute atomic E-state index is 0.00660. The number of aliphatic hydroxyl groups is 2. The molecule has 2 heterocycles. The second-order valence-electron chi connectivity index (χ2n) is 17.2. The van der Waals surface area contributed by atoms with E-state index in [1.165, 1.54) is 18.2 Å². The van der Waals surface area contributed by atoms with Gasteiger partial charge in [0.15, 0.2) is 28.9 Å². The summed E-state index contributed by atoms with van der Waals surface area (Å²) in [7, 11) is 0. The van der Waals surface area contributed by atoms with Gasteiger partial charge in [-0.25, -0.2) is 20.0 Å². The molecule has 4 aliphatic carbocycles. The molecule has 0 unspecified atom stereocenters. The number of hydrogen-bond donors (Lipinski definition) is 2. The van der Waals surface area contributed by atoms with E-state index in [2.05, 4.69) is 9.98 Å². The van der Waals surface area contributed by atoms with Gasteiger partial charge in [-0.3, -0.25) is 28.8 Å². The molecule has 2 aliphatic heterocycles. The molecule has 0 fully saturated rings. The third kappa shape index (κ3) is 5.48. The molecule has 2 N–H and O–H groups in total. The zero-order valence-electron chi connectivity index (χ0n) is 35.2. The Kier molecular flexibility index (Phi) is 8.05. The van der Waals surface area contributed by atoms with E-state index in [0.717, 1.165) is 0 Å². The van der Waals surface area contributed by atoms with Crippen molar-refractivity contribution < 1.29 is 39.0 Å². The molecule has 0 amide bonds. The summed E-state index contributed by atoms with van der Waals surface area (Å²) < 4.78 is 0. The molecule has 7 aromatic rings. The Bertz CT molecular complexity index is 4310. The molecule has 320 valence electrons. The second-order valence-corrected chi connectivity index (χ2v) is 17.2. The SMILES string of the molecule is O=C1C=c2cc3ccc4c(c3cc2C(=O)C1)N=c1c=4c2c(c3cc4c(cc13)=C(N=C(O)c1ccccc1)C(=O)C=C4)N=C1C3=C(CC(=O)C=21)C(=O)c1cccc(N=C(O)c2ccccc2)c1C3=O. The van der Waals surface area contributed by atoms with Gasteiger partial charge in [-0.05, 0) is 82.9 Å². The van der Waals surface area contributed by atoms with Crippen LogP contribution < -0.4 is 21.0 Å². The van der Waals surface area contributed by atoms with Gasteiger partial charge in [0.25, 0.3) is 0 Å². The fraction of sp³-hybridized carbons (Fsp3) is 0.0357. The summed E-state index contributed by atoms with van der Waals surface area (Å²) >= 11 is 0. The molecule has 13 rings (SSSR count). The largest absolute Gasteiger partial charge is 0.493 e. The zero-order chi connectivity index (χ0) is 46.3. The summed E-state index contributed by atoms with van der Waals surface area (Å²) in [5, 5.41) is 27.5. The molecule has 12 nitrogen and oxygen atoms in total. The van der Waals surface area contributed by atoms with Crippen molar-refractivity contribution in [2.45, 2.75) is 12.8 Å². The zero-order valence-corrected chi connectivity index (χ0v) is 35.2. The molecule has 0 saturated heterocycles. The molecule has 6 aliphatic rings. The third-order valence-corrected chi connectivity index (χ3v) is 13.3. The Morgan fingerprint density at radius 1 is 0.574 bits per heavy atom. The molecule has 7 aromatic carbocycles. The van der Waals surface area contributed by atoms with Crippen LogP contribution in [0.1, 0.15) is 60.6 Å². The van der Waals surface area contributed by atoms with Gasteiger partial charge in [-0.2, -0.15) is 0 Å². The van der Waals surface area contributed by atoms with E-state index in [1.54, 1.807) is 97.1 Å². The monoisotopic (exact) mass is 884 g/mol. The summed E-state index contributed by atoms with van der Waals surface area (Å²) in [5.41, 5.74) is 2.79. The van der Waals surface area contributed by atoms with Gasteiger partial charge >= 0.3 is 0 Å². The summed E-state index contributed by atoms with van der Waals surface area (Å²) in [4.78, 5) is 103. The van der Waals surface area contributed by atoms with Crippen molar-refractivity contribution in [1.82, 2.24) is 0 Å². The van der Waals surface area contributed by atoms with Gasteiger partial charge in [0.05, 0.1) is 51.3 Å². The lowest BCUT2D eigenvalue weighted by molar-refractivity contribution is -0.113. The molecule has 0 bridgehead atoms. The molecule has 0 aromatic heterocycles. The minimum atomic E-state index is -0.581. The van der Waals surface area contributed by atoms with Gasteiger partial charge in [0.1, 0.15) is 5.70 Å². The first-order valence-electron chi connectivity index (χ1n) is 21.6. The number of nitrogens with zero attached hydrogens (tertiary/aromatic N) is 4. The second kappa shape index (κ2) is 14.0. The molecule has 0 radical (unpaired) electrons. The van der Waals surface area contributed by atoms with Gasteiger partial charge in [0.2, 0.25) is 17.6 Å². The molecule has 0 atom stereocenters. The lowest BCUT2D eigenvalue weighted by Gasteiger charge is -2.26. The highest BCUT2D eigenvalue weighted by Crippen LogP contribution is 2.42. The van der Waals surface area contributed by atoms with E-state index in [9.17, 15) is 34.2 Å². The van der Waals surface area contributed by atoms with Crippen molar-refractivity contribution in [3.05, 3.63) is 197 Å². The number of Topliss-reactive ketones (excluding diaryl/α,β-unsaturated/α-hetero) is 5. The maximum absolute atomic E-state index is 15.1. The Hall–Kier alpha value is -9.42. The van der Waals surface area contributed by atoms with E-state index in [0.29, 0.717) is 86.6 Å². The van der Waals surface area contributed by atoms with Crippen LogP contribution in [0.3, 0.4) is 0 Å². The molecular formula is C56H28N4O8. The highest BCUT2D eigenvalue weighted by atomic mass is 16.3.